The fourth-order valence-electron chi connectivity index (χ4n) is 3.81. The van der Waals surface area contributed by atoms with Gasteiger partial charge in [0, 0.05) is 44.2 Å². The van der Waals surface area contributed by atoms with Gasteiger partial charge >= 0.3 is 0 Å². The van der Waals surface area contributed by atoms with Crippen LogP contribution < -0.4 is 15.5 Å². The second kappa shape index (κ2) is 8.15. The molecular weight excluding hydrogens is 316 g/mol. The molecular formula is C19H30N4S. The monoisotopic (exact) mass is 346 g/mol. The van der Waals surface area contributed by atoms with Crippen molar-refractivity contribution in [2.45, 2.75) is 49.9 Å². The Kier molecular flexibility index (Phi) is 5.93. The minimum absolute atomic E-state index is 0.561. The van der Waals surface area contributed by atoms with Crippen molar-refractivity contribution in [3.8, 4) is 0 Å². The first-order valence-corrected chi connectivity index (χ1v) is 10.3. The molecule has 2 N–H and O–H groups in total. The minimum Gasteiger partial charge on any atom is -0.374 e. The molecule has 1 fully saturated rings. The van der Waals surface area contributed by atoms with Gasteiger partial charge in [-0.05, 0) is 55.6 Å². The Morgan fingerprint density at radius 1 is 1.38 bits per heavy atom. The van der Waals surface area contributed by atoms with Crippen LogP contribution in [0, 0.1) is 0 Å². The van der Waals surface area contributed by atoms with E-state index in [1.54, 1.807) is 0 Å². The third-order valence-electron chi connectivity index (χ3n) is 5.24. The normalized spacial score (nSPS) is 24.0. The van der Waals surface area contributed by atoms with E-state index in [1.165, 1.54) is 55.5 Å². The maximum atomic E-state index is 4.40. The van der Waals surface area contributed by atoms with E-state index < -0.39 is 0 Å². The Balaban J connectivity index is 1.54. The van der Waals surface area contributed by atoms with Gasteiger partial charge in [-0.1, -0.05) is 12.1 Å². The van der Waals surface area contributed by atoms with Crippen LogP contribution >= 0.6 is 11.8 Å². The lowest BCUT2D eigenvalue weighted by atomic mass is 9.99. The van der Waals surface area contributed by atoms with Crippen molar-refractivity contribution in [2.75, 3.05) is 31.8 Å². The SMILES string of the molecule is CN=C(NCc1ccc2c(c1)CCCN2C)NC1CCC(SC)C1. The summed E-state index contributed by atoms with van der Waals surface area (Å²) < 4.78 is 0. The number of guanidine groups is 1. The van der Waals surface area contributed by atoms with E-state index in [4.69, 9.17) is 0 Å². The van der Waals surface area contributed by atoms with Gasteiger partial charge in [0.15, 0.2) is 5.96 Å². The van der Waals surface area contributed by atoms with Crippen molar-refractivity contribution in [3.05, 3.63) is 29.3 Å². The zero-order valence-electron chi connectivity index (χ0n) is 15.1. The van der Waals surface area contributed by atoms with Crippen LogP contribution in [-0.4, -0.2) is 44.1 Å². The van der Waals surface area contributed by atoms with Crippen LogP contribution in [0.3, 0.4) is 0 Å². The molecule has 1 aromatic carbocycles. The summed E-state index contributed by atoms with van der Waals surface area (Å²) in [6, 6.07) is 7.41. The fourth-order valence-corrected chi connectivity index (χ4v) is 4.60. The molecule has 1 saturated carbocycles. The standard InChI is InChI=1S/C19H30N4S/c1-20-19(22-16-7-8-17(12-16)24-3)21-13-14-6-9-18-15(11-14)5-4-10-23(18)2/h6,9,11,16-17H,4-5,7-8,10,12-13H2,1-3H3,(H2,20,21,22). The molecule has 0 spiro atoms. The summed E-state index contributed by atoms with van der Waals surface area (Å²) in [6.45, 7) is 1.99. The summed E-state index contributed by atoms with van der Waals surface area (Å²) in [6.07, 6.45) is 8.47. The molecule has 132 valence electrons. The van der Waals surface area contributed by atoms with Gasteiger partial charge in [-0.3, -0.25) is 4.99 Å². The van der Waals surface area contributed by atoms with Crippen LogP contribution in [0.25, 0.3) is 0 Å². The van der Waals surface area contributed by atoms with E-state index in [0.29, 0.717) is 6.04 Å². The van der Waals surface area contributed by atoms with Crippen LogP contribution in [-0.2, 0) is 13.0 Å². The molecule has 0 saturated heterocycles. The molecule has 1 heterocycles. The van der Waals surface area contributed by atoms with Crippen LogP contribution in [0.4, 0.5) is 5.69 Å². The number of nitrogens with zero attached hydrogens (tertiary/aromatic N) is 2. The lowest BCUT2D eigenvalue weighted by Crippen LogP contribution is -2.42. The Hall–Kier alpha value is -1.36. The number of benzene rings is 1. The molecule has 0 bridgehead atoms. The lowest BCUT2D eigenvalue weighted by molar-refractivity contribution is 0.614. The van der Waals surface area contributed by atoms with E-state index in [1.807, 2.05) is 18.8 Å². The predicted molar refractivity (Wildman–Crippen MR) is 106 cm³/mol. The molecule has 1 aromatic rings. The van der Waals surface area contributed by atoms with Crippen molar-refractivity contribution in [3.63, 3.8) is 0 Å². The summed E-state index contributed by atoms with van der Waals surface area (Å²) in [5.41, 5.74) is 4.20. The largest absolute Gasteiger partial charge is 0.374 e. The van der Waals surface area contributed by atoms with Crippen molar-refractivity contribution < 1.29 is 0 Å². The molecule has 2 unspecified atom stereocenters. The first-order chi connectivity index (χ1) is 11.7. The van der Waals surface area contributed by atoms with Crippen LogP contribution in [0.5, 0.6) is 0 Å². The number of hydrogen-bond donors (Lipinski definition) is 2. The molecule has 5 heteroatoms. The second-order valence-corrected chi connectivity index (χ2v) is 8.06. The molecule has 4 nitrogen and oxygen atoms in total. The van der Waals surface area contributed by atoms with E-state index in [9.17, 15) is 0 Å². The third kappa shape index (κ3) is 4.18. The Morgan fingerprint density at radius 2 is 2.25 bits per heavy atom. The highest BCUT2D eigenvalue weighted by atomic mass is 32.2. The zero-order chi connectivity index (χ0) is 16.9. The van der Waals surface area contributed by atoms with Gasteiger partial charge in [-0.25, -0.2) is 0 Å². The third-order valence-corrected chi connectivity index (χ3v) is 6.33. The number of aliphatic imine (C=N–C) groups is 1. The van der Waals surface area contributed by atoms with Gasteiger partial charge in [0.25, 0.3) is 0 Å². The highest BCUT2D eigenvalue weighted by Crippen LogP contribution is 2.28. The number of nitrogens with one attached hydrogen (secondary N) is 2. The van der Waals surface area contributed by atoms with Crippen molar-refractivity contribution in [1.29, 1.82) is 0 Å². The van der Waals surface area contributed by atoms with Crippen LogP contribution in [0.1, 0.15) is 36.8 Å². The summed E-state index contributed by atoms with van der Waals surface area (Å²) in [5, 5.41) is 7.87. The number of anilines is 1. The Labute approximate surface area is 150 Å². The molecule has 2 atom stereocenters. The van der Waals surface area contributed by atoms with E-state index >= 15 is 0 Å². The number of aryl methyl sites for hydroxylation is 1. The van der Waals surface area contributed by atoms with E-state index in [2.05, 4.69) is 52.0 Å². The summed E-state index contributed by atoms with van der Waals surface area (Å²) in [4.78, 5) is 6.76. The molecule has 1 aliphatic heterocycles. The average molecular weight is 347 g/mol. The van der Waals surface area contributed by atoms with Gasteiger partial charge < -0.3 is 15.5 Å². The summed E-state index contributed by atoms with van der Waals surface area (Å²) >= 11 is 1.99. The molecule has 24 heavy (non-hydrogen) atoms. The van der Waals surface area contributed by atoms with Gasteiger partial charge in [-0.2, -0.15) is 11.8 Å². The van der Waals surface area contributed by atoms with Crippen molar-refractivity contribution in [1.82, 2.24) is 10.6 Å². The second-order valence-electron chi connectivity index (χ2n) is 6.93. The maximum Gasteiger partial charge on any atom is 0.191 e. The number of rotatable bonds is 4. The van der Waals surface area contributed by atoms with E-state index in [-0.39, 0.29) is 0 Å². The molecule has 3 rings (SSSR count). The molecule has 0 amide bonds. The number of fused-ring (bicyclic) bond motifs is 1. The maximum absolute atomic E-state index is 4.40. The Morgan fingerprint density at radius 3 is 3.00 bits per heavy atom. The average Bonchev–Trinajstić information content (AvgIpc) is 3.06. The first-order valence-electron chi connectivity index (χ1n) is 9.02. The van der Waals surface area contributed by atoms with Gasteiger partial charge in [-0.15, -0.1) is 0 Å². The van der Waals surface area contributed by atoms with Crippen molar-refractivity contribution in [2.24, 2.45) is 4.99 Å². The quantitative estimate of drug-likeness (QED) is 0.649. The number of thioether (sulfide) groups is 1. The van der Waals surface area contributed by atoms with Crippen LogP contribution in [0.15, 0.2) is 23.2 Å². The summed E-state index contributed by atoms with van der Waals surface area (Å²) in [5.74, 6) is 0.927. The first kappa shape index (κ1) is 17.5. The number of hydrogen-bond acceptors (Lipinski definition) is 3. The predicted octanol–water partition coefficient (Wildman–Crippen LogP) is 3.02. The summed E-state index contributed by atoms with van der Waals surface area (Å²) in [7, 11) is 4.04. The van der Waals surface area contributed by atoms with Crippen molar-refractivity contribution >= 4 is 23.4 Å². The van der Waals surface area contributed by atoms with Gasteiger partial charge in [0.1, 0.15) is 0 Å². The van der Waals surface area contributed by atoms with E-state index in [0.717, 1.165) is 17.8 Å². The van der Waals surface area contributed by atoms with Gasteiger partial charge in [0.05, 0.1) is 0 Å². The highest BCUT2D eigenvalue weighted by Gasteiger charge is 2.24. The highest BCUT2D eigenvalue weighted by molar-refractivity contribution is 7.99. The fraction of sp³-hybridized carbons (Fsp3) is 0.632. The van der Waals surface area contributed by atoms with Crippen LogP contribution in [0.2, 0.25) is 0 Å². The zero-order valence-corrected chi connectivity index (χ0v) is 16.0. The topological polar surface area (TPSA) is 39.7 Å². The molecule has 2 aliphatic rings. The smallest absolute Gasteiger partial charge is 0.191 e. The molecule has 0 aromatic heterocycles. The Bertz CT molecular complexity index is 587. The minimum atomic E-state index is 0.561. The lowest BCUT2D eigenvalue weighted by Gasteiger charge is -2.28. The van der Waals surface area contributed by atoms with Gasteiger partial charge in [0.2, 0.25) is 0 Å². The molecule has 0 radical (unpaired) electrons. The molecule has 1 aliphatic carbocycles.